The molecule has 0 N–H and O–H groups in total. The number of amides is 1. The Bertz CT molecular complexity index is 770. The number of carbonyl (C=O) groups is 1. The van der Waals surface area contributed by atoms with E-state index in [2.05, 4.69) is 4.98 Å². The maximum atomic E-state index is 13.2. The monoisotopic (exact) mass is 340 g/mol. The van der Waals surface area contributed by atoms with Crippen molar-refractivity contribution in [2.45, 2.75) is 6.18 Å². The van der Waals surface area contributed by atoms with Crippen LogP contribution in [0.1, 0.15) is 0 Å². The van der Waals surface area contributed by atoms with E-state index in [0.29, 0.717) is 11.5 Å². The minimum atomic E-state index is -4.39. The highest BCUT2D eigenvalue weighted by atomic mass is 19.4. The van der Waals surface area contributed by atoms with Crippen LogP contribution in [0.5, 0.6) is 0 Å². The van der Waals surface area contributed by atoms with Crippen molar-refractivity contribution >= 4 is 22.9 Å². The van der Waals surface area contributed by atoms with Gasteiger partial charge in [-0.1, -0.05) is 12.1 Å². The lowest BCUT2D eigenvalue weighted by Gasteiger charge is -2.25. The Balaban J connectivity index is 1.92. The number of carbonyl (C=O) groups excluding carboxylic acids is 1. The Morgan fingerprint density at radius 1 is 1.25 bits per heavy atom. The third-order valence-corrected chi connectivity index (χ3v) is 4.63. The Hall–Kier alpha value is -2.09. The van der Waals surface area contributed by atoms with Crippen molar-refractivity contribution in [1.82, 2.24) is 14.5 Å². The van der Waals surface area contributed by atoms with E-state index in [1.54, 1.807) is 29.6 Å². The number of alkyl halides is 3. The summed E-state index contributed by atoms with van der Waals surface area (Å²) in [5.41, 5.74) is 1.52. The number of imidazole rings is 1. The van der Waals surface area contributed by atoms with Crippen LogP contribution >= 0.6 is 0 Å². The highest BCUT2D eigenvalue weighted by molar-refractivity contribution is 5.95. The molecule has 130 valence electrons. The lowest BCUT2D eigenvalue weighted by molar-refractivity contribution is -0.182. The van der Waals surface area contributed by atoms with Crippen LogP contribution in [0.2, 0.25) is 0 Å². The second kappa shape index (κ2) is 5.77. The maximum Gasteiger partial charge on any atom is 0.393 e. The molecule has 8 heteroatoms. The number of anilines is 1. The van der Waals surface area contributed by atoms with Gasteiger partial charge in [0, 0.05) is 27.2 Å². The highest BCUT2D eigenvalue weighted by Crippen LogP contribution is 2.38. The largest absolute Gasteiger partial charge is 0.393 e. The summed E-state index contributed by atoms with van der Waals surface area (Å²) in [4.78, 5) is 19.9. The molecule has 3 rings (SSSR count). The summed E-state index contributed by atoms with van der Waals surface area (Å²) in [6.07, 6.45) is -4.39. The number of nitrogens with zero attached hydrogens (tertiary/aromatic N) is 4. The predicted octanol–water partition coefficient (Wildman–Crippen LogP) is 2.28. The lowest BCUT2D eigenvalue weighted by atomic mass is 9.94. The number of aryl methyl sites for hydroxylation is 1. The van der Waals surface area contributed by atoms with Crippen LogP contribution in [0.15, 0.2) is 24.3 Å². The molecular weight excluding hydrogens is 321 g/mol. The zero-order valence-electron chi connectivity index (χ0n) is 13.7. The molecule has 1 aliphatic rings. The second-order valence-electron chi connectivity index (χ2n) is 6.33. The van der Waals surface area contributed by atoms with Crippen molar-refractivity contribution < 1.29 is 18.0 Å². The zero-order valence-corrected chi connectivity index (χ0v) is 13.7. The minimum Gasteiger partial charge on any atom is -0.313 e. The van der Waals surface area contributed by atoms with Crippen molar-refractivity contribution in [3.05, 3.63) is 24.3 Å². The van der Waals surface area contributed by atoms with Gasteiger partial charge in [0.2, 0.25) is 11.9 Å². The van der Waals surface area contributed by atoms with Gasteiger partial charge in [-0.3, -0.25) is 9.69 Å². The van der Waals surface area contributed by atoms with E-state index in [-0.39, 0.29) is 13.1 Å². The quantitative estimate of drug-likeness (QED) is 0.842. The van der Waals surface area contributed by atoms with E-state index in [4.69, 9.17) is 0 Å². The van der Waals surface area contributed by atoms with Crippen LogP contribution in [0.4, 0.5) is 19.1 Å². The predicted molar refractivity (Wildman–Crippen MR) is 84.7 cm³/mol. The van der Waals surface area contributed by atoms with Gasteiger partial charge in [-0.15, -0.1) is 0 Å². The van der Waals surface area contributed by atoms with E-state index < -0.39 is 23.9 Å². The summed E-state index contributed by atoms with van der Waals surface area (Å²) in [5, 5.41) is 0. The van der Waals surface area contributed by atoms with Crippen LogP contribution in [0, 0.1) is 11.8 Å². The van der Waals surface area contributed by atoms with Gasteiger partial charge in [-0.05, 0) is 19.2 Å². The first-order chi connectivity index (χ1) is 11.2. The van der Waals surface area contributed by atoms with Crippen molar-refractivity contribution in [2.24, 2.45) is 18.9 Å². The normalized spacial score (nSPS) is 22.2. The van der Waals surface area contributed by atoms with E-state index in [0.717, 1.165) is 5.52 Å². The van der Waals surface area contributed by atoms with Crippen molar-refractivity contribution in [1.29, 1.82) is 0 Å². The van der Waals surface area contributed by atoms with Crippen molar-refractivity contribution in [3.8, 4) is 0 Å². The van der Waals surface area contributed by atoms with Crippen LogP contribution < -0.4 is 4.90 Å². The minimum absolute atomic E-state index is 0.0945. The van der Waals surface area contributed by atoms with E-state index >= 15 is 0 Å². The Labute approximate surface area is 137 Å². The first kappa shape index (κ1) is 16.8. The maximum absolute atomic E-state index is 13.2. The summed E-state index contributed by atoms with van der Waals surface area (Å²) in [6.45, 7) is -0.0619. The summed E-state index contributed by atoms with van der Waals surface area (Å²) in [6, 6.07) is 7.33. The fraction of sp³-hybridized carbons (Fsp3) is 0.500. The third kappa shape index (κ3) is 2.75. The number of hydrogen-bond acceptors (Lipinski definition) is 3. The molecule has 1 amide bonds. The Morgan fingerprint density at radius 3 is 2.54 bits per heavy atom. The summed E-state index contributed by atoms with van der Waals surface area (Å²) >= 11 is 0. The molecule has 0 radical (unpaired) electrons. The molecule has 1 aromatic carbocycles. The van der Waals surface area contributed by atoms with Crippen molar-refractivity contribution in [3.63, 3.8) is 0 Å². The number of para-hydroxylation sites is 2. The molecule has 1 saturated heterocycles. The summed E-state index contributed by atoms with van der Waals surface area (Å²) in [5.74, 6) is -2.97. The Kier molecular flexibility index (Phi) is 4.03. The highest BCUT2D eigenvalue weighted by Gasteiger charge is 2.52. The summed E-state index contributed by atoms with van der Waals surface area (Å²) < 4.78 is 41.4. The fourth-order valence-electron chi connectivity index (χ4n) is 3.36. The van der Waals surface area contributed by atoms with Gasteiger partial charge in [0.25, 0.3) is 0 Å². The first-order valence-corrected chi connectivity index (χ1v) is 7.64. The molecular formula is C16H19F3N4O. The molecule has 1 aliphatic heterocycles. The summed E-state index contributed by atoms with van der Waals surface area (Å²) in [7, 11) is 4.83. The van der Waals surface area contributed by atoms with Gasteiger partial charge in [0.15, 0.2) is 0 Å². The molecule has 0 spiro atoms. The molecule has 0 unspecified atom stereocenters. The molecule has 2 aromatic rings. The van der Waals surface area contributed by atoms with E-state index in [1.807, 2.05) is 18.2 Å². The van der Waals surface area contributed by atoms with Crippen LogP contribution in [0.3, 0.4) is 0 Å². The number of likely N-dealkylation sites (tertiary alicyclic amines) is 1. The second-order valence-corrected chi connectivity index (χ2v) is 6.33. The SMILES string of the molecule is CN1C[C@@H](C(F)(F)F)[C@H](C(=O)N(C)c2nc3ccccc3n2C)C1. The lowest BCUT2D eigenvalue weighted by Crippen LogP contribution is -2.42. The van der Waals surface area contributed by atoms with Gasteiger partial charge in [-0.25, -0.2) is 4.98 Å². The van der Waals surface area contributed by atoms with Crippen LogP contribution in [-0.2, 0) is 11.8 Å². The third-order valence-electron chi connectivity index (χ3n) is 4.63. The molecule has 5 nitrogen and oxygen atoms in total. The molecule has 1 aromatic heterocycles. The fourth-order valence-corrected chi connectivity index (χ4v) is 3.36. The molecule has 0 saturated carbocycles. The van der Waals surface area contributed by atoms with Gasteiger partial charge < -0.3 is 9.47 Å². The topological polar surface area (TPSA) is 41.4 Å². The number of halogens is 3. The standard InChI is InChI=1S/C16H19F3N4O/c1-21-8-10(11(9-21)16(17,18)19)14(24)23(3)15-20-12-6-4-5-7-13(12)22(15)2/h4-7,10-11H,8-9H2,1-3H3/t10-,11-/m1/s1. The number of fused-ring (bicyclic) bond motifs is 1. The zero-order chi connectivity index (χ0) is 17.6. The molecule has 0 aliphatic carbocycles. The van der Waals surface area contributed by atoms with Gasteiger partial charge >= 0.3 is 6.18 Å². The number of aromatic nitrogens is 2. The number of hydrogen-bond donors (Lipinski definition) is 0. The smallest absolute Gasteiger partial charge is 0.313 e. The van der Waals surface area contributed by atoms with Crippen molar-refractivity contribution in [2.75, 3.05) is 32.1 Å². The van der Waals surface area contributed by atoms with Gasteiger partial charge in [-0.2, -0.15) is 13.2 Å². The van der Waals surface area contributed by atoms with Gasteiger partial charge in [0.05, 0.1) is 22.9 Å². The average Bonchev–Trinajstić information content (AvgIpc) is 3.07. The van der Waals surface area contributed by atoms with E-state index in [9.17, 15) is 18.0 Å². The Morgan fingerprint density at radius 2 is 1.92 bits per heavy atom. The molecule has 2 heterocycles. The number of benzene rings is 1. The molecule has 0 bridgehead atoms. The van der Waals surface area contributed by atoms with Gasteiger partial charge in [0.1, 0.15) is 0 Å². The molecule has 24 heavy (non-hydrogen) atoms. The van der Waals surface area contributed by atoms with E-state index in [1.165, 1.54) is 11.9 Å². The van der Waals surface area contributed by atoms with Crippen LogP contribution in [0.25, 0.3) is 11.0 Å². The first-order valence-electron chi connectivity index (χ1n) is 7.64. The molecule has 1 fully saturated rings. The number of rotatable bonds is 2. The average molecular weight is 340 g/mol. The van der Waals surface area contributed by atoms with Crippen LogP contribution in [-0.4, -0.2) is 53.7 Å². The molecule has 2 atom stereocenters.